The number of halogens is 2. The van der Waals surface area contributed by atoms with Crippen molar-refractivity contribution in [3.05, 3.63) is 82.2 Å². The second-order valence-corrected chi connectivity index (χ2v) is 8.22. The Hall–Kier alpha value is -2.48. The molecule has 1 aliphatic heterocycles. The van der Waals surface area contributed by atoms with Crippen molar-refractivity contribution in [3.8, 4) is 0 Å². The minimum Gasteiger partial charge on any atom is -0.450 e. The lowest BCUT2D eigenvalue weighted by Gasteiger charge is -1.97. The van der Waals surface area contributed by atoms with Crippen LogP contribution in [-0.4, -0.2) is 11.1 Å². The zero-order valence-electron chi connectivity index (χ0n) is 14.2. The van der Waals surface area contributed by atoms with Gasteiger partial charge in [-0.05, 0) is 72.4 Å². The highest BCUT2D eigenvalue weighted by Crippen LogP contribution is 2.32. The summed E-state index contributed by atoms with van der Waals surface area (Å²) >= 11 is 8.56. The fraction of sp³-hybridized carbons (Fsp3) is 0. The Bertz CT molecular complexity index is 1080. The first-order valence-electron chi connectivity index (χ1n) is 8.13. The number of carbonyl (C=O) groups excluding carboxylic acids is 1. The predicted molar refractivity (Wildman–Crippen MR) is 111 cm³/mol. The van der Waals surface area contributed by atoms with Crippen LogP contribution in [0.5, 0.6) is 0 Å². The standard InChI is InChI=1S/C20H12ClFN2O2S2/c21-12-1-8-16(9-2-12)27-18-10-7-15(26-18)11-17-19(25)24-20(28-17)23-14-5-3-13(22)4-6-14/h1-11H,(H,23,24,25)/b17-11+. The van der Waals surface area contributed by atoms with Gasteiger partial charge in [-0.2, -0.15) is 0 Å². The van der Waals surface area contributed by atoms with E-state index in [-0.39, 0.29) is 11.7 Å². The van der Waals surface area contributed by atoms with Gasteiger partial charge >= 0.3 is 0 Å². The summed E-state index contributed by atoms with van der Waals surface area (Å²) < 4.78 is 18.7. The minimum atomic E-state index is -0.335. The molecule has 3 aromatic rings. The topological polar surface area (TPSA) is 54.6 Å². The molecule has 0 aliphatic carbocycles. The van der Waals surface area contributed by atoms with E-state index in [9.17, 15) is 9.18 Å². The van der Waals surface area contributed by atoms with Gasteiger partial charge < -0.3 is 9.73 Å². The van der Waals surface area contributed by atoms with Gasteiger partial charge in [0.15, 0.2) is 10.3 Å². The van der Waals surface area contributed by atoms with Crippen LogP contribution in [-0.2, 0) is 4.79 Å². The molecule has 8 heteroatoms. The number of rotatable bonds is 4. The van der Waals surface area contributed by atoms with E-state index < -0.39 is 0 Å². The number of aliphatic imine (C=N–C) groups is 1. The summed E-state index contributed by atoms with van der Waals surface area (Å²) in [6.07, 6.45) is 1.67. The maximum absolute atomic E-state index is 13.0. The van der Waals surface area contributed by atoms with Crippen LogP contribution in [0.3, 0.4) is 0 Å². The number of nitrogens with one attached hydrogen (secondary N) is 1. The number of furan rings is 1. The van der Waals surface area contributed by atoms with Gasteiger partial charge in [-0.15, -0.1) is 0 Å². The molecule has 4 nitrogen and oxygen atoms in total. The Morgan fingerprint density at radius 1 is 1.07 bits per heavy atom. The van der Waals surface area contributed by atoms with Crippen molar-refractivity contribution in [2.75, 3.05) is 0 Å². The highest BCUT2D eigenvalue weighted by Gasteiger charge is 2.24. The van der Waals surface area contributed by atoms with E-state index >= 15 is 0 Å². The molecule has 1 amide bonds. The van der Waals surface area contributed by atoms with Crippen LogP contribution in [0.25, 0.3) is 6.08 Å². The van der Waals surface area contributed by atoms with E-state index in [2.05, 4.69) is 10.3 Å². The molecule has 1 N–H and O–H groups in total. The Balaban J connectivity index is 1.47. The van der Waals surface area contributed by atoms with Gasteiger partial charge in [-0.25, -0.2) is 9.38 Å². The SMILES string of the molecule is O=C1NC(=Nc2ccc(F)cc2)S/C1=C/c1ccc(Sc2ccc(Cl)cc2)o1. The van der Waals surface area contributed by atoms with Crippen LogP contribution >= 0.6 is 35.1 Å². The summed E-state index contributed by atoms with van der Waals surface area (Å²) in [7, 11) is 0. The number of thioether (sulfide) groups is 1. The average Bonchev–Trinajstić information content (AvgIpc) is 3.26. The number of benzene rings is 2. The summed E-state index contributed by atoms with van der Waals surface area (Å²) in [5, 5.41) is 4.51. The van der Waals surface area contributed by atoms with Crippen LogP contribution in [0, 0.1) is 5.82 Å². The summed E-state index contributed by atoms with van der Waals surface area (Å²) in [5.74, 6) is -0.0240. The molecule has 1 aliphatic rings. The van der Waals surface area contributed by atoms with Crippen molar-refractivity contribution in [1.82, 2.24) is 5.32 Å². The minimum absolute atomic E-state index is 0.255. The molecule has 1 aromatic heterocycles. The van der Waals surface area contributed by atoms with Gasteiger partial charge in [-0.1, -0.05) is 23.4 Å². The lowest BCUT2D eigenvalue weighted by Crippen LogP contribution is -2.19. The third-order valence-corrected chi connectivity index (χ3v) is 5.71. The largest absolute Gasteiger partial charge is 0.450 e. The number of amidine groups is 1. The van der Waals surface area contributed by atoms with Crippen molar-refractivity contribution < 1.29 is 13.6 Å². The first kappa shape index (κ1) is 18.9. The van der Waals surface area contributed by atoms with Gasteiger partial charge in [0.25, 0.3) is 5.91 Å². The molecular formula is C20H12ClFN2O2S2. The third-order valence-electron chi connectivity index (χ3n) is 3.62. The summed E-state index contributed by atoms with van der Waals surface area (Å²) in [5.41, 5.74) is 0.560. The number of carbonyl (C=O) groups is 1. The summed E-state index contributed by atoms with van der Waals surface area (Å²) in [4.78, 5) is 17.9. The zero-order valence-corrected chi connectivity index (χ0v) is 16.6. The first-order chi connectivity index (χ1) is 13.5. The van der Waals surface area contributed by atoms with Crippen LogP contribution in [0.1, 0.15) is 5.76 Å². The van der Waals surface area contributed by atoms with E-state index in [1.807, 2.05) is 30.3 Å². The number of hydrogen-bond donors (Lipinski definition) is 1. The second kappa shape index (κ2) is 8.26. The van der Waals surface area contributed by atoms with Gasteiger partial charge in [0.1, 0.15) is 11.6 Å². The van der Waals surface area contributed by atoms with Crippen LogP contribution in [0.2, 0.25) is 5.02 Å². The molecule has 1 saturated heterocycles. The van der Waals surface area contributed by atoms with Gasteiger partial charge in [0, 0.05) is 16.0 Å². The highest BCUT2D eigenvalue weighted by molar-refractivity contribution is 8.18. The van der Waals surface area contributed by atoms with Crippen molar-refractivity contribution >= 4 is 58.0 Å². The maximum atomic E-state index is 13.0. The molecule has 1 fully saturated rings. The van der Waals surface area contributed by atoms with E-state index in [0.717, 1.165) is 4.90 Å². The molecule has 2 heterocycles. The quantitative estimate of drug-likeness (QED) is 0.507. The molecule has 2 aromatic carbocycles. The average molecular weight is 431 g/mol. The van der Waals surface area contributed by atoms with Crippen molar-refractivity contribution in [2.24, 2.45) is 4.99 Å². The highest BCUT2D eigenvalue weighted by atomic mass is 35.5. The third kappa shape index (κ3) is 4.67. The molecule has 4 rings (SSSR count). The van der Waals surface area contributed by atoms with Crippen LogP contribution < -0.4 is 5.32 Å². The zero-order chi connectivity index (χ0) is 19.5. The van der Waals surface area contributed by atoms with Crippen LogP contribution in [0.15, 0.2) is 85.0 Å². The van der Waals surface area contributed by atoms with E-state index in [4.69, 9.17) is 16.0 Å². The predicted octanol–water partition coefficient (Wildman–Crippen LogP) is 6.11. The second-order valence-electron chi connectivity index (χ2n) is 5.67. The van der Waals surface area contributed by atoms with Gasteiger partial charge in [0.2, 0.25) is 0 Å². The number of nitrogens with zero attached hydrogens (tertiary/aromatic N) is 1. The molecule has 0 atom stereocenters. The molecule has 0 unspecified atom stereocenters. The van der Waals surface area contributed by atoms with Crippen molar-refractivity contribution in [1.29, 1.82) is 0 Å². The Labute approximate surface area is 173 Å². The number of amides is 1. The molecule has 0 bridgehead atoms. The normalized spacial score (nSPS) is 16.7. The monoisotopic (exact) mass is 430 g/mol. The maximum Gasteiger partial charge on any atom is 0.264 e. The van der Waals surface area contributed by atoms with Gasteiger partial charge in [-0.3, -0.25) is 4.79 Å². The lowest BCUT2D eigenvalue weighted by molar-refractivity contribution is -0.115. The molecular weight excluding hydrogens is 419 g/mol. The fourth-order valence-electron chi connectivity index (χ4n) is 2.33. The van der Waals surface area contributed by atoms with Crippen molar-refractivity contribution in [3.63, 3.8) is 0 Å². The van der Waals surface area contributed by atoms with E-state index in [0.29, 0.717) is 31.6 Å². The smallest absolute Gasteiger partial charge is 0.264 e. The van der Waals surface area contributed by atoms with Crippen LogP contribution in [0.4, 0.5) is 10.1 Å². The lowest BCUT2D eigenvalue weighted by atomic mass is 10.3. The number of hydrogen-bond acceptors (Lipinski definition) is 5. The van der Waals surface area contributed by atoms with Gasteiger partial charge in [0.05, 0.1) is 10.6 Å². The van der Waals surface area contributed by atoms with E-state index in [1.165, 1.54) is 35.7 Å². The Kier molecular flexibility index (Phi) is 5.57. The summed E-state index contributed by atoms with van der Waals surface area (Å²) in [6.45, 7) is 0. The molecule has 28 heavy (non-hydrogen) atoms. The summed E-state index contributed by atoms with van der Waals surface area (Å²) in [6, 6.07) is 16.8. The fourth-order valence-corrected chi connectivity index (χ4v) is 4.05. The van der Waals surface area contributed by atoms with E-state index in [1.54, 1.807) is 24.3 Å². The van der Waals surface area contributed by atoms with Crippen molar-refractivity contribution in [2.45, 2.75) is 9.99 Å². The molecule has 140 valence electrons. The molecule has 0 spiro atoms. The Morgan fingerprint density at radius 3 is 2.57 bits per heavy atom. The molecule has 0 radical (unpaired) electrons. The Morgan fingerprint density at radius 2 is 1.82 bits per heavy atom. The first-order valence-corrected chi connectivity index (χ1v) is 10.1. The molecule has 0 saturated carbocycles.